The molecule has 27 heavy (non-hydrogen) atoms. The van der Waals surface area contributed by atoms with Crippen LogP contribution in [0.15, 0.2) is 34.4 Å². The molecular formula is C21H29N3O2S. The molecule has 1 aromatic carbocycles. The van der Waals surface area contributed by atoms with E-state index in [0.717, 1.165) is 38.4 Å². The molecule has 1 aromatic heterocycles. The van der Waals surface area contributed by atoms with Gasteiger partial charge in [0.1, 0.15) is 0 Å². The Hall–Kier alpha value is -1.92. The lowest BCUT2D eigenvalue weighted by Gasteiger charge is -2.35. The largest absolute Gasteiger partial charge is 0.340 e. The number of piperazine rings is 1. The molecule has 6 heteroatoms. The zero-order chi connectivity index (χ0) is 19.4. The SMILES string of the molecule is Cc1csc(=O)n1CCC(=O)N1CCN(Cc2ccc(C(C)C)cc2)CC1. The van der Waals surface area contributed by atoms with Gasteiger partial charge < -0.3 is 9.47 Å². The van der Waals surface area contributed by atoms with E-state index >= 15 is 0 Å². The maximum atomic E-state index is 12.5. The van der Waals surface area contributed by atoms with E-state index < -0.39 is 0 Å². The van der Waals surface area contributed by atoms with Gasteiger partial charge in [0.2, 0.25) is 5.91 Å². The topological polar surface area (TPSA) is 45.6 Å². The van der Waals surface area contributed by atoms with Crippen molar-refractivity contribution in [3.63, 3.8) is 0 Å². The molecule has 0 aliphatic carbocycles. The second-order valence-corrected chi connectivity index (χ2v) is 8.42. The Bertz CT molecular complexity index is 815. The molecule has 2 aromatic rings. The Morgan fingerprint density at radius 1 is 1.11 bits per heavy atom. The number of carbonyl (C=O) groups excluding carboxylic acids is 1. The van der Waals surface area contributed by atoms with Gasteiger partial charge >= 0.3 is 4.87 Å². The lowest BCUT2D eigenvalue weighted by Crippen LogP contribution is -2.48. The molecule has 5 nitrogen and oxygen atoms in total. The molecule has 0 saturated carbocycles. The first-order valence-corrected chi connectivity index (χ1v) is 10.6. The predicted molar refractivity (Wildman–Crippen MR) is 110 cm³/mol. The van der Waals surface area contributed by atoms with Gasteiger partial charge in [-0.25, -0.2) is 0 Å². The van der Waals surface area contributed by atoms with Gasteiger partial charge in [-0.1, -0.05) is 49.4 Å². The molecular weight excluding hydrogens is 358 g/mol. The molecule has 0 unspecified atom stereocenters. The molecule has 1 aliphatic rings. The maximum Gasteiger partial charge on any atom is 0.307 e. The van der Waals surface area contributed by atoms with Gasteiger partial charge in [-0.2, -0.15) is 0 Å². The number of benzene rings is 1. The Morgan fingerprint density at radius 3 is 2.33 bits per heavy atom. The van der Waals surface area contributed by atoms with Crippen LogP contribution in [-0.2, 0) is 17.9 Å². The molecule has 146 valence electrons. The van der Waals surface area contributed by atoms with E-state index in [-0.39, 0.29) is 10.8 Å². The summed E-state index contributed by atoms with van der Waals surface area (Å²) in [6.07, 6.45) is 0.397. The third-order valence-electron chi connectivity index (χ3n) is 5.30. The van der Waals surface area contributed by atoms with E-state index in [9.17, 15) is 9.59 Å². The van der Waals surface area contributed by atoms with Gasteiger partial charge in [0, 0.05) is 56.8 Å². The van der Waals surface area contributed by atoms with Crippen molar-refractivity contribution in [3.05, 3.63) is 56.1 Å². The van der Waals surface area contributed by atoms with Crippen molar-refractivity contribution in [1.29, 1.82) is 0 Å². The minimum absolute atomic E-state index is 0.0219. The number of hydrogen-bond acceptors (Lipinski definition) is 4. The standard InChI is InChI=1S/C21H29N3O2S/c1-16(2)19-6-4-18(5-7-19)14-22-10-12-23(13-11-22)20(25)8-9-24-17(3)15-27-21(24)26/h4-7,15-16H,8-14H2,1-3H3. The number of thiazole rings is 1. The van der Waals surface area contributed by atoms with Crippen LogP contribution in [0, 0.1) is 6.92 Å². The van der Waals surface area contributed by atoms with Crippen LogP contribution >= 0.6 is 11.3 Å². The van der Waals surface area contributed by atoms with Crippen molar-refractivity contribution in [2.24, 2.45) is 0 Å². The molecule has 2 heterocycles. The fraction of sp³-hybridized carbons (Fsp3) is 0.524. The summed E-state index contributed by atoms with van der Waals surface area (Å²) < 4.78 is 1.69. The van der Waals surface area contributed by atoms with Gasteiger partial charge in [-0.15, -0.1) is 0 Å². The number of nitrogens with zero attached hydrogens (tertiary/aromatic N) is 3. The average molecular weight is 388 g/mol. The Kier molecular flexibility index (Phi) is 6.50. The Balaban J connectivity index is 1.45. The third-order valence-corrected chi connectivity index (χ3v) is 6.18. The first-order chi connectivity index (χ1) is 12.9. The van der Waals surface area contributed by atoms with E-state index in [1.807, 2.05) is 17.2 Å². The normalized spacial score (nSPS) is 15.5. The van der Waals surface area contributed by atoms with E-state index in [1.54, 1.807) is 4.57 Å². The minimum atomic E-state index is 0.0219. The summed E-state index contributed by atoms with van der Waals surface area (Å²) >= 11 is 1.20. The number of aryl methyl sites for hydroxylation is 1. The quantitative estimate of drug-likeness (QED) is 0.765. The molecule has 0 atom stereocenters. The van der Waals surface area contributed by atoms with Crippen molar-refractivity contribution < 1.29 is 4.79 Å². The highest BCUT2D eigenvalue weighted by atomic mass is 32.1. The van der Waals surface area contributed by atoms with Crippen LogP contribution in [0.3, 0.4) is 0 Å². The summed E-state index contributed by atoms with van der Waals surface area (Å²) in [5.41, 5.74) is 3.63. The number of rotatable bonds is 6. The lowest BCUT2D eigenvalue weighted by molar-refractivity contribution is -0.133. The minimum Gasteiger partial charge on any atom is -0.340 e. The van der Waals surface area contributed by atoms with Crippen LogP contribution in [0.2, 0.25) is 0 Å². The third kappa shape index (κ3) is 5.08. The molecule has 0 bridgehead atoms. The maximum absolute atomic E-state index is 12.5. The summed E-state index contributed by atoms with van der Waals surface area (Å²) in [6, 6.07) is 8.86. The highest BCUT2D eigenvalue weighted by molar-refractivity contribution is 7.07. The van der Waals surface area contributed by atoms with Crippen LogP contribution in [0.25, 0.3) is 0 Å². The monoisotopic (exact) mass is 387 g/mol. The summed E-state index contributed by atoms with van der Waals surface area (Å²) in [4.78, 5) is 28.6. The molecule has 1 amide bonds. The molecule has 1 aliphatic heterocycles. The zero-order valence-electron chi connectivity index (χ0n) is 16.5. The van der Waals surface area contributed by atoms with E-state index in [0.29, 0.717) is 18.9 Å². The summed E-state index contributed by atoms with van der Waals surface area (Å²) in [7, 11) is 0. The van der Waals surface area contributed by atoms with E-state index in [1.165, 1.54) is 22.5 Å². The van der Waals surface area contributed by atoms with Crippen molar-refractivity contribution in [2.75, 3.05) is 26.2 Å². The Morgan fingerprint density at radius 2 is 1.78 bits per heavy atom. The van der Waals surface area contributed by atoms with E-state index in [2.05, 4.69) is 43.0 Å². The van der Waals surface area contributed by atoms with Crippen LogP contribution in [0.4, 0.5) is 0 Å². The second kappa shape index (κ2) is 8.85. The highest BCUT2D eigenvalue weighted by Gasteiger charge is 2.21. The van der Waals surface area contributed by atoms with Crippen molar-refractivity contribution >= 4 is 17.2 Å². The van der Waals surface area contributed by atoms with Crippen LogP contribution in [0.1, 0.15) is 43.0 Å². The van der Waals surface area contributed by atoms with Crippen LogP contribution in [-0.4, -0.2) is 46.5 Å². The summed E-state index contributed by atoms with van der Waals surface area (Å²) in [5, 5.41) is 1.85. The van der Waals surface area contributed by atoms with Crippen LogP contribution in [0.5, 0.6) is 0 Å². The first kappa shape index (κ1) is 19.8. The molecule has 1 saturated heterocycles. The van der Waals surface area contributed by atoms with Crippen molar-refractivity contribution in [1.82, 2.24) is 14.4 Å². The number of amides is 1. The fourth-order valence-corrected chi connectivity index (χ4v) is 4.22. The zero-order valence-corrected chi connectivity index (χ0v) is 17.3. The average Bonchev–Trinajstić information content (AvgIpc) is 2.98. The van der Waals surface area contributed by atoms with Crippen LogP contribution < -0.4 is 4.87 Å². The molecule has 3 rings (SSSR count). The lowest BCUT2D eigenvalue weighted by atomic mass is 10.0. The fourth-order valence-electron chi connectivity index (χ4n) is 3.46. The van der Waals surface area contributed by atoms with Crippen molar-refractivity contribution in [3.8, 4) is 0 Å². The van der Waals surface area contributed by atoms with Crippen molar-refractivity contribution in [2.45, 2.75) is 46.2 Å². The summed E-state index contributed by atoms with van der Waals surface area (Å²) in [6.45, 7) is 11.1. The van der Waals surface area contributed by atoms with Gasteiger partial charge in [-0.3, -0.25) is 14.5 Å². The predicted octanol–water partition coefficient (Wildman–Crippen LogP) is 3.08. The van der Waals surface area contributed by atoms with E-state index in [4.69, 9.17) is 0 Å². The van der Waals surface area contributed by atoms with Gasteiger partial charge in [0.15, 0.2) is 0 Å². The molecule has 1 fully saturated rings. The molecule has 0 spiro atoms. The van der Waals surface area contributed by atoms with Gasteiger partial charge in [0.25, 0.3) is 0 Å². The second-order valence-electron chi connectivity index (χ2n) is 7.60. The summed E-state index contributed by atoms with van der Waals surface area (Å²) in [5.74, 6) is 0.704. The number of aromatic nitrogens is 1. The van der Waals surface area contributed by atoms with Gasteiger partial charge in [0.05, 0.1) is 0 Å². The number of carbonyl (C=O) groups is 1. The smallest absolute Gasteiger partial charge is 0.307 e. The highest BCUT2D eigenvalue weighted by Crippen LogP contribution is 2.16. The molecule has 0 N–H and O–H groups in total. The number of hydrogen-bond donors (Lipinski definition) is 0. The molecule has 0 radical (unpaired) electrons. The first-order valence-electron chi connectivity index (χ1n) is 9.68. The Labute approximate surface area is 165 Å². The van der Waals surface area contributed by atoms with Gasteiger partial charge in [-0.05, 0) is 24.0 Å².